The van der Waals surface area contributed by atoms with E-state index in [1.54, 1.807) is 0 Å². The van der Waals surface area contributed by atoms with Crippen LogP contribution in [0.15, 0.2) is 91.0 Å². The predicted octanol–water partition coefficient (Wildman–Crippen LogP) is 6.75. The van der Waals surface area contributed by atoms with Crippen molar-refractivity contribution in [2.24, 2.45) is 0 Å². The lowest BCUT2D eigenvalue weighted by Gasteiger charge is -2.38. The van der Waals surface area contributed by atoms with Crippen molar-refractivity contribution in [3.05, 3.63) is 108 Å². The molecule has 0 aromatic heterocycles. The van der Waals surface area contributed by atoms with Gasteiger partial charge in [-0.1, -0.05) is 91.0 Å². The second-order valence-electron chi connectivity index (χ2n) is 8.95. The molecule has 0 aliphatic carbocycles. The molecule has 2 aliphatic heterocycles. The van der Waals surface area contributed by atoms with Crippen LogP contribution in [0.1, 0.15) is 67.4 Å². The van der Waals surface area contributed by atoms with Gasteiger partial charge in [-0.15, -0.1) is 0 Å². The Morgan fingerprint density at radius 3 is 1.33 bits per heavy atom. The molecule has 30 heavy (non-hydrogen) atoms. The minimum Gasteiger partial charge on any atom is -0.281 e. The monoisotopic (exact) mass is 396 g/mol. The summed E-state index contributed by atoms with van der Waals surface area (Å²) in [6, 6.07) is 35.5. The molecule has 0 bridgehead atoms. The molecule has 5 rings (SSSR count). The molecule has 0 amide bonds. The van der Waals surface area contributed by atoms with Gasteiger partial charge >= 0.3 is 0 Å². The van der Waals surface area contributed by atoms with Crippen molar-refractivity contribution in [3.63, 3.8) is 0 Å². The van der Waals surface area contributed by atoms with Crippen molar-refractivity contribution in [2.75, 3.05) is 6.67 Å². The summed E-state index contributed by atoms with van der Waals surface area (Å²) in [6.45, 7) is 3.44. The summed E-state index contributed by atoms with van der Waals surface area (Å²) < 4.78 is 0. The predicted molar refractivity (Wildman–Crippen MR) is 124 cm³/mol. The van der Waals surface area contributed by atoms with E-state index < -0.39 is 0 Å². The zero-order valence-electron chi connectivity index (χ0n) is 17.9. The van der Waals surface area contributed by atoms with Gasteiger partial charge in [0.25, 0.3) is 0 Å². The maximum absolute atomic E-state index is 2.78. The lowest BCUT2D eigenvalue weighted by molar-refractivity contribution is 0.0576. The van der Waals surface area contributed by atoms with E-state index in [0.717, 1.165) is 6.67 Å². The summed E-state index contributed by atoms with van der Waals surface area (Å²) in [4.78, 5) is 5.54. The Morgan fingerprint density at radius 2 is 0.900 bits per heavy atom. The normalized spacial score (nSPS) is 27.5. The second-order valence-corrected chi connectivity index (χ2v) is 8.95. The Bertz CT molecular complexity index is 877. The Labute approximate surface area is 181 Å². The minimum atomic E-state index is 0.487. The average Bonchev–Trinajstić information content (AvgIpc) is 3.40. The van der Waals surface area contributed by atoms with Gasteiger partial charge in [0.1, 0.15) is 0 Å². The second kappa shape index (κ2) is 8.75. The molecule has 2 nitrogen and oxygen atoms in total. The molecular formula is C28H32N2. The first-order chi connectivity index (χ1) is 14.8. The van der Waals surface area contributed by atoms with Crippen LogP contribution in [0.3, 0.4) is 0 Å². The van der Waals surface area contributed by atoms with Crippen molar-refractivity contribution < 1.29 is 0 Å². The van der Waals surface area contributed by atoms with E-state index in [9.17, 15) is 0 Å². The molecule has 2 aliphatic rings. The number of nitrogens with zero attached hydrogens (tertiary/aromatic N) is 2. The van der Waals surface area contributed by atoms with Crippen LogP contribution in [0.25, 0.3) is 0 Å². The number of likely N-dealkylation sites (tertiary alicyclic amines) is 2. The van der Waals surface area contributed by atoms with Crippen LogP contribution in [0.5, 0.6) is 0 Å². The summed E-state index contributed by atoms with van der Waals surface area (Å²) >= 11 is 0. The molecule has 0 unspecified atom stereocenters. The number of hydrogen-bond donors (Lipinski definition) is 0. The average molecular weight is 397 g/mol. The van der Waals surface area contributed by atoms with Crippen LogP contribution in [0.4, 0.5) is 0 Å². The zero-order valence-corrected chi connectivity index (χ0v) is 17.9. The Kier molecular flexibility index (Phi) is 5.70. The van der Waals surface area contributed by atoms with Crippen molar-refractivity contribution in [1.29, 1.82) is 0 Å². The maximum atomic E-state index is 2.78. The fourth-order valence-corrected chi connectivity index (χ4v) is 5.63. The van der Waals surface area contributed by atoms with E-state index in [2.05, 4.69) is 108 Å². The first-order valence-electron chi connectivity index (χ1n) is 11.5. The number of rotatable bonds is 5. The highest BCUT2D eigenvalue weighted by molar-refractivity contribution is 5.26. The van der Waals surface area contributed by atoms with Crippen LogP contribution >= 0.6 is 0 Å². The van der Waals surface area contributed by atoms with Crippen molar-refractivity contribution >= 4 is 0 Å². The minimum absolute atomic E-state index is 0.487. The fraction of sp³-hybridized carbons (Fsp3) is 0.357. The number of benzene rings is 3. The molecule has 2 heteroatoms. The first kappa shape index (κ1) is 19.5. The van der Waals surface area contributed by atoms with Crippen molar-refractivity contribution in [3.8, 4) is 0 Å². The Morgan fingerprint density at radius 1 is 0.533 bits per heavy atom. The summed E-state index contributed by atoms with van der Waals surface area (Å²) in [6.07, 6.45) is 4.98. The highest BCUT2D eigenvalue weighted by Gasteiger charge is 2.40. The van der Waals surface area contributed by atoms with E-state index in [-0.39, 0.29) is 0 Å². The van der Waals surface area contributed by atoms with Crippen LogP contribution in [0, 0.1) is 0 Å². The van der Waals surface area contributed by atoms with Crippen molar-refractivity contribution in [2.45, 2.75) is 56.8 Å². The van der Waals surface area contributed by atoms with E-state index in [1.165, 1.54) is 42.4 Å². The van der Waals surface area contributed by atoms with Gasteiger partial charge in [-0.3, -0.25) is 9.80 Å². The lowest BCUT2D eigenvalue weighted by atomic mass is 10.0. The van der Waals surface area contributed by atoms with Gasteiger partial charge in [-0.05, 0) is 49.3 Å². The van der Waals surface area contributed by atoms with Crippen LogP contribution in [-0.4, -0.2) is 22.5 Å². The molecule has 0 saturated carbocycles. The smallest absolute Gasteiger partial charge is 0.0526 e. The topological polar surface area (TPSA) is 6.48 Å². The standard InChI is InChI=1S/C28H32N2/c1-22-17-18-26(23-11-5-2-6-12-23)29(22)21-30-27(24-13-7-3-8-14-24)19-20-28(30)25-15-9-4-10-16-25/h2-16,22,26-28H,17-21H2,1H3/t22-,26+,27+,28+/m0/s1. The first-order valence-corrected chi connectivity index (χ1v) is 11.5. The SMILES string of the molecule is C[C@H]1CC[C@H](c2ccccc2)N1CN1[C@@H](c2ccccc2)CC[C@@H]1c1ccccc1. The maximum Gasteiger partial charge on any atom is 0.0526 e. The summed E-state index contributed by atoms with van der Waals surface area (Å²) in [5.41, 5.74) is 4.38. The molecule has 2 heterocycles. The molecule has 3 aromatic carbocycles. The molecule has 154 valence electrons. The molecule has 2 saturated heterocycles. The van der Waals surface area contributed by atoms with Crippen molar-refractivity contribution in [1.82, 2.24) is 9.80 Å². The van der Waals surface area contributed by atoms with Gasteiger partial charge in [-0.2, -0.15) is 0 Å². The molecular weight excluding hydrogens is 364 g/mol. The molecule has 0 N–H and O–H groups in total. The quantitative estimate of drug-likeness (QED) is 0.471. The summed E-state index contributed by atoms with van der Waals surface area (Å²) in [7, 11) is 0. The molecule has 0 radical (unpaired) electrons. The van der Waals surface area contributed by atoms with Gasteiger partial charge in [-0.25, -0.2) is 0 Å². The Balaban J connectivity index is 1.47. The van der Waals surface area contributed by atoms with Gasteiger partial charge in [0.2, 0.25) is 0 Å². The molecule has 3 aromatic rings. The van der Waals surface area contributed by atoms with Gasteiger partial charge in [0.15, 0.2) is 0 Å². The summed E-state index contributed by atoms with van der Waals surface area (Å²) in [5.74, 6) is 0. The third-order valence-electron chi connectivity index (χ3n) is 7.22. The van der Waals surface area contributed by atoms with Crippen LogP contribution in [0.2, 0.25) is 0 Å². The van der Waals surface area contributed by atoms with Gasteiger partial charge in [0, 0.05) is 24.2 Å². The number of hydrogen-bond acceptors (Lipinski definition) is 2. The fourth-order valence-electron chi connectivity index (χ4n) is 5.63. The highest BCUT2D eigenvalue weighted by Crippen LogP contribution is 2.46. The molecule has 4 atom stereocenters. The van der Waals surface area contributed by atoms with E-state index in [4.69, 9.17) is 0 Å². The largest absolute Gasteiger partial charge is 0.281 e. The van der Waals surface area contributed by atoms with E-state index in [0.29, 0.717) is 24.2 Å². The summed E-state index contributed by atoms with van der Waals surface area (Å²) in [5, 5.41) is 0. The highest BCUT2D eigenvalue weighted by atomic mass is 15.4. The molecule has 0 spiro atoms. The van der Waals surface area contributed by atoms with Gasteiger partial charge in [0.05, 0.1) is 6.67 Å². The Hall–Kier alpha value is -2.42. The lowest BCUT2D eigenvalue weighted by Crippen LogP contribution is -2.41. The van der Waals surface area contributed by atoms with E-state index in [1.807, 2.05) is 0 Å². The third kappa shape index (κ3) is 3.82. The molecule has 2 fully saturated rings. The van der Waals surface area contributed by atoms with Crippen LogP contribution < -0.4 is 0 Å². The van der Waals surface area contributed by atoms with Gasteiger partial charge < -0.3 is 0 Å². The van der Waals surface area contributed by atoms with E-state index >= 15 is 0 Å². The van der Waals surface area contributed by atoms with Crippen LogP contribution in [-0.2, 0) is 0 Å². The zero-order chi connectivity index (χ0) is 20.3. The third-order valence-corrected chi connectivity index (χ3v) is 7.22.